The van der Waals surface area contributed by atoms with Gasteiger partial charge in [-0.25, -0.2) is 9.37 Å². The molecule has 0 radical (unpaired) electrons. The van der Waals surface area contributed by atoms with E-state index in [9.17, 15) is 4.39 Å². The summed E-state index contributed by atoms with van der Waals surface area (Å²) in [5, 5.41) is 0.909. The van der Waals surface area contributed by atoms with Crippen LogP contribution in [0.15, 0.2) is 61.2 Å². The van der Waals surface area contributed by atoms with Gasteiger partial charge >= 0.3 is 0 Å². The van der Waals surface area contributed by atoms with E-state index in [4.69, 9.17) is 0 Å². The highest BCUT2D eigenvalue weighted by Crippen LogP contribution is 2.32. The summed E-state index contributed by atoms with van der Waals surface area (Å²) < 4.78 is 14.9. The fourth-order valence-corrected chi connectivity index (χ4v) is 3.23. The first-order valence-electron chi connectivity index (χ1n) is 6.72. The largest absolute Gasteiger partial charge is 0.264 e. The van der Waals surface area contributed by atoms with E-state index in [1.807, 2.05) is 30.3 Å². The van der Waals surface area contributed by atoms with E-state index in [-0.39, 0.29) is 5.82 Å². The third-order valence-corrected chi connectivity index (χ3v) is 4.46. The van der Waals surface area contributed by atoms with Gasteiger partial charge in [-0.05, 0) is 35.9 Å². The van der Waals surface area contributed by atoms with Gasteiger partial charge in [0, 0.05) is 35.9 Å². The lowest BCUT2D eigenvalue weighted by Gasteiger charge is -2.01. The highest BCUT2D eigenvalue weighted by Gasteiger charge is 2.10. The predicted octanol–water partition coefficient (Wildman–Crippen LogP) is 4.56. The standard InChI is InChI=1S/C17H10FN3S/c18-14-5-7-20-10-13(14)11-3-4-16-15(8-11)21-17(22-16)12-2-1-6-19-9-12/h1-10H. The van der Waals surface area contributed by atoms with Crippen molar-refractivity contribution in [2.45, 2.75) is 0 Å². The fraction of sp³-hybridized carbons (Fsp3) is 0. The van der Waals surface area contributed by atoms with Crippen molar-refractivity contribution in [2.75, 3.05) is 0 Å². The van der Waals surface area contributed by atoms with E-state index in [1.54, 1.807) is 23.7 Å². The monoisotopic (exact) mass is 307 g/mol. The second-order valence-electron chi connectivity index (χ2n) is 4.80. The van der Waals surface area contributed by atoms with E-state index in [0.717, 1.165) is 26.4 Å². The maximum atomic E-state index is 13.9. The molecule has 0 saturated heterocycles. The predicted molar refractivity (Wildman–Crippen MR) is 86.0 cm³/mol. The van der Waals surface area contributed by atoms with Gasteiger partial charge < -0.3 is 0 Å². The number of nitrogens with zero attached hydrogens (tertiary/aromatic N) is 3. The number of benzene rings is 1. The Morgan fingerprint density at radius 1 is 0.909 bits per heavy atom. The van der Waals surface area contributed by atoms with Crippen molar-refractivity contribution in [1.29, 1.82) is 0 Å². The summed E-state index contributed by atoms with van der Waals surface area (Å²) in [5.41, 5.74) is 3.10. The molecule has 4 aromatic rings. The summed E-state index contributed by atoms with van der Waals surface area (Å²) >= 11 is 1.60. The second kappa shape index (κ2) is 5.27. The molecule has 1 aromatic carbocycles. The van der Waals surface area contributed by atoms with Crippen LogP contribution in [0, 0.1) is 5.82 Å². The Morgan fingerprint density at radius 2 is 1.82 bits per heavy atom. The van der Waals surface area contributed by atoms with Gasteiger partial charge in [0.2, 0.25) is 0 Å². The zero-order valence-electron chi connectivity index (χ0n) is 11.4. The summed E-state index contributed by atoms with van der Waals surface area (Å²) in [6, 6.07) is 11.0. The molecule has 0 atom stereocenters. The van der Waals surface area contributed by atoms with E-state index in [0.29, 0.717) is 5.56 Å². The molecule has 3 heterocycles. The quantitative estimate of drug-likeness (QED) is 0.545. The van der Waals surface area contributed by atoms with Gasteiger partial charge in [-0.15, -0.1) is 11.3 Å². The molecule has 0 saturated carbocycles. The molecule has 4 rings (SSSR count). The Balaban J connectivity index is 1.84. The van der Waals surface area contributed by atoms with Crippen LogP contribution >= 0.6 is 11.3 Å². The Kier molecular flexibility index (Phi) is 3.12. The summed E-state index contributed by atoms with van der Waals surface area (Å²) in [5.74, 6) is -0.280. The number of aromatic nitrogens is 3. The van der Waals surface area contributed by atoms with Gasteiger partial charge in [0.1, 0.15) is 10.8 Å². The minimum atomic E-state index is -0.280. The van der Waals surface area contributed by atoms with Gasteiger partial charge in [-0.1, -0.05) is 6.07 Å². The van der Waals surface area contributed by atoms with Crippen molar-refractivity contribution in [3.63, 3.8) is 0 Å². The Labute approximate surface area is 130 Å². The number of halogens is 1. The Hall–Kier alpha value is -2.66. The maximum absolute atomic E-state index is 13.9. The summed E-state index contributed by atoms with van der Waals surface area (Å²) in [6.07, 6.45) is 6.51. The molecule has 0 N–H and O–H groups in total. The van der Waals surface area contributed by atoms with Gasteiger partial charge in [0.25, 0.3) is 0 Å². The van der Waals surface area contributed by atoms with Crippen LogP contribution in [0.2, 0.25) is 0 Å². The van der Waals surface area contributed by atoms with Crippen LogP contribution in [0.3, 0.4) is 0 Å². The van der Waals surface area contributed by atoms with Crippen LogP contribution in [0.25, 0.3) is 31.9 Å². The molecule has 3 nitrogen and oxygen atoms in total. The second-order valence-corrected chi connectivity index (χ2v) is 5.83. The minimum absolute atomic E-state index is 0.280. The van der Waals surface area contributed by atoms with Crippen LogP contribution in [0.1, 0.15) is 0 Å². The molecule has 3 aromatic heterocycles. The van der Waals surface area contributed by atoms with Crippen molar-refractivity contribution in [3.8, 4) is 21.7 Å². The van der Waals surface area contributed by atoms with Crippen LogP contribution in [-0.2, 0) is 0 Å². The molecule has 0 aliphatic rings. The highest BCUT2D eigenvalue weighted by molar-refractivity contribution is 7.21. The topological polar surface area (TPSA) is 38.7 Å². The molecule has 0 aliphatic heterocycles. The average Bonchev–Trinajstić information content (AvgIpc) is 2.99. The van der Waals surface area contributed by atoms with Crippen molar-refractivity contribution in [3.05, 3.63) is 67.0 Å². The fourth-order valence-electron chi connectivity index (χ4n) is 2.30. The molecule has 0 fully saturated rings. The van der Waals surface area contributed by atoms with Crippen LogP contribution in [0.4, 0.5) is 4.39 Å². The summed E-state index contributed by atoms with van der Waals surface area (Å²) in [7, 11) is 0. The van der Waals surface area contributed by atoms with Gasteiger partial charge in [-0.3, -0.25) is 9.97 Å². The average molecular weight is 307 g/mol. The number of hydrogen-bond donors (Lipinski definition) is 0. The smallest absolute Gasteiger partial charge is 0.134 e. The van der Waals surface area contributed by atoms with Gasteiger partial charge in [0.05, 0.1) is 10.2 Å². The van der Waals surface area contributed by atoms with E-state index < -0.39 is 0 Å². The van der Waals surface area contributed by atoms with Crippen molar-refractivity contribution in [2.24, 2.45) is 0 Å². The van der Waals surface area contributed by atoms with Crippen molar-refractivity contribution >= 4 is 21.6 Å². The molecule has 0 unspecified atom stereocenters. The van der Waals surface area contributed by atoms with Crippen LogP contribution < -0.4 is 0 Å². The molecule has 0 aliphatic carbocycles. The number of rotatable bonds is 2. The van der Waals surface area contributed by atoms with Crippen LogP contribution in [-0.4, -0.2) is 15.0 Å². The molecule has 0 bridgehead atoms. The molecular weight excluding hydrogens is 297 g/mol. The highest BCUT2D eigenvalue weighted by atomic mass is 32.1. The normalized spacial score (nSPS) is 11.0. The summed E-state index contributed by atoms with van der Waals surface area (Å²) in [4.78, 5) is 12.7. The Bertz CT molecular complexity index is 950. The van der Waals surface area contributed by atoms with E-state index in [2.05, 4.69) is 15.0 Å². The maximum Gasteiger partial charge on any atom is 0.134 e. The SMILES string of the molecule is Fc1ccncc1-c1ccc2sc(-c3cccnc3)nc2c1. The van der Waals surface area contributed by atoms with Gasteiger partial charge in [-0.2, -0.15) is 0 Å². The van der Waals surface area contributed by atoms with Gasteiger partial charge in [0.15, 0.2) is 0 Å². The Morgan fingerprint density at radius 3 is 2.64 bits per heavy atom. The summed E-state index contributed by atoms with van der Waals surface area (Å²) in [6.45, 7) is 0. The first-order valence-corrected chi connectivity index (χ1v) is 7.54. The van der Waals surface area contributed by atoms with Crippen molar-refractivity contribution < 1.29 is 4.39 Å². The number of thiazole rings is 1. The molecule has 0 amide bonds. The zero-order chi connectivity index (χ0) is 14.9. The number of hydrogen-bond acceptors (Lipinski definition) is 4. The number of pyridine rings is 2. The lowest BCUT2D eigenvalue weighted by molar-refractivity contribution is 0.629. The molecule has 5 heteroatoms. The first kappa shape index (κ1) is 13.0. The third kappa shape index (κ3) is 2.25. The molecule has 0 spiro atoms. The van der Waals surface area contributed by atoms with Crippen LogP contribution in [0.5, 0.6) is 0 Å². The zero-order valence-corrected chi connectivity index (χ0v) is 12.2. The lowest BCUT2D eigenvalue weighted by Crippen LogP contribution is -1.85. The first-order chi connectivity index (χ1) is 10.8. The molecule has 106 valence electrons. The minimum Gasteiger partial charge on any atom is -0.264 e. The molecular formula is C17H10FN3S. The van der Waals surface area contributed by atoms with Crippen molar-refractivity contribution in [1.82, 2.24) is 15.0 Å². The lowest BCUT2D eigenvalue weighted by atomic mass is 10.1. The molecule has 22 heavy (non-hydrogen) atoms. The van der Waals surface area contributed by atoms with E-state index in [1.165, 1.54) is 18.5 Å². The third-order valence-electron chi connectivity index (χ3n) is 3.37. The number of fused-ring (bicyclic) bond motifs is 1. The van der Waals surface area contributed by atoms with E-state index >= 15 is 0 Å².